The normalized spacial score (nSPS) is 25.9. The van der Waals surface area contributed by atoms with E-state index < -0.39 is 0 Å². The molecule has 0 saturated carbocycles. The zero-order valence-corrected chi connectivity index (χ0v) is 12.4. The fourth-order valence-corrected chi connectivity index (χ4v) is 3.15. The van der Waals surface area contributed by atoms with Gasteiger partial charge in [0, 0.05) is 31.8 Å². The lowest BCUT2D eigenvalue weighted by Crippen LogP contribution is -2.37. The Morgan fingerprint density at radius 2 is 2.24 bits per heavy atom. The van der Waals surface area contributed by atoms with Crippen LogP contribution in [0.1, 0.15) is 32.1 Å². The maximum Gasteiger partial charge on any atom is 0.134 e. The Bertz CT molecular complexity index is 491. The van der Waals surface area contributed by atoms with Crippen molar-refractivity contribution in [1.82, 2.24) is 9.97 Å². The van der Waals surface area contributed by atoms with Crippen molar-refractivity contribution in [2.45, 2.75) is 38.1 Å². The zero-order valence-electron chi connectivity index (χ0n) is 12.4. The molecular weight excluding hydrogens is 264 g/mol. The van der Waals surface area contributed by atoms with Gasteiger partial charge in [-0.05, 0) is 38.0 Å². The Kier molecular flexibility index (Phi) is 4.70. The molecule has 5 nitrogen and oxygen atoms in total. The third-order valence-corrected chi connectivity index (χ3v) is 4.37. The summed E-state index contributed by atoms with van der Waals surface area (Å²) >= 11 is 0. The fourth-order valence-electron chi connectivity index (χ4n) is 3.15. The van der Waals surface area contributed by atoms with Crippen LogP contribution in [-0.2, 0) is 0 Å². The lowest BCUT2D eigenvalue weighted by Gasteiger charge is -2.32. The van der Waals surface area contributed by atoms with Crippen molar-refractivity contribution < 1.29 is 5.11 Å². The fraction of sp³-hybridized carbons (Fsp3) is 0.625. The molecule has 2 aliphatic rings. The number of rotatable bonds is 4. The van der Waals surface area contributed by atoms with Crippen LogP contribution in [0, 0.1) is 5.92 Å². The maximum absolute atomic E-state index is 9.35. The van der Waals surface area contributed by atoms with Gasteiger partial charge in [0.1, 0.15) is 18.0 Å². The Morgan fingerprint density at radius 1 is 1.29 bits per heavy atom. The first kappa shape index (κ1) is 14.3. The highest BCUT2D eigenvalue weighted by Crippen LogP contribution is 2.23. The molecule has 2 heterocycles. The predicted molar refractivity (Wildman–Crippen MR) is 84.5 cm³/mol. The molecule has 5 heteroatoms. The van der Waals surface area contributed by atoms with E-state index >= 15 is 0 Å². The molecule has 3 rings (SSSR count). The van der Waals surface area contributed by atoms with Crippen LogP contribution in [-0.4, -0.2) is 40.8 Å². The second-order valence-electron chi connectivity index (χ2n) is 6.02. The minimum absolute atomic E-state index is 0.265. The van der Waals surface area contributed by atoms with E-state index in [0.29, 0.717) is 12.0 Å². The van der Waals surface area contributed by atoms with E-state index in [1.807, 2.05) is 6.07 Å². The van der Waals surface area contributed by atoms with Crippen molar-refractivity contribution in [3.63, 3.8) is 0 Å². The molecule has 2 unspecified atom stereocenters. The standard InChI is InChI=1S/C16H24N4O/c21-11-13-5-4-8-20(10-13)16-9-15(17-12-18-16)19-14-6-2-1-3-7-14/h1-2,9,12-14,21H,3-8,10-11H2,(H,17,18,19). The highest BCUT2D eigenvalue weighted by molar-refractivity contribution is 5.49. The number of nitrogens with zero attached hydrogens (tertiary/aromatic N) is 3. The second kappa shape index (κ2) is 6.89. The summed E-state index contributed by atoms with van der Waals surface area (Å²) in [4.78, 5) is 11.0. The number of hydrogen-bond acceptors (Lipinski definition) is 5. The minimum atomic E-state index is 0.265. The highest BCUT2D eigenvalue weighted by atomic mass is 16.3. The number of allylic oxidation sites excluding steroid dienone is 1. The molecule has 1 aromatic heterocycles. The molecule has 1 fully saturated rings. The monoisotopic (exact) mass is 288 g/mol. The molecule has 0 spiro atoms. The summed E-state index contributed by atoms with van der Waals surface area (Å²) in [6, 6.07) is 2.52. The molecule has 2 atom stereocenters. The molecule has 21 heavy (non-hydrogen) atoms. The molecule has 1 aromatic rings. The van der Waals surface area contributed by atoms with Gasteiger partial charge in [0.15, 0.2) is 0 Å². The molecule has 0 aromatic carbocycles. The Hall–Kier alpha value is -1.62. The quantitative estimate of drug-likeness (QED) is 0.832. The predicted octanol–water partition coefficient (Wildman–Crippen LogP) is 2.21. The summed E-state index contributed by atoms with van der Waals surface area (Å²) in [6.45, 7) is 2.17. The molecule has 114 valence electrons. The third-order valence-electron chi connectivity index (χ3n) is 4.37. The van der Waals surface area contributed by atoms with Crippen LogP contribution in [0.5, 0.6) is 0 Å². The van der Waals surface area contributed by atoms with E-state index in [2.05, 4.69) is 32.3 Å². The first-order valence-electron chi connectivity index (χ1n) is 7.94. The van der Waals surface area contributed by atoms with E-state index in [0.717, 1.165) is 56.8 Å². The summed E-state index contributed by atoms with van der Waals surface area (Å²) in [5, 5.41) is 12.9. The average molecular weight is 288 g/mol. The van der Waals surface area contributed by atoms with Crippen molar-refractivity contribution in [2.75, 3.05) is 29.9 Å². The number of anilines is 2. The van der Waals surface area contributed by atoms with E-state index in [1.165, 1.54) is 0 Å². The Balaban J connectivity index is 1.66. The first-order chi connectivity index (χ1) is 10.3. The van der Waals surface area contributed by atoms with Gasteiger partial charge in [0.05, 0.1) is 0 Å². The molecule has 1 aliphatic carbocycles. The lowest BCUT2D eigenvalue weighted by atomic mass is 9.99. The van der Waals surface area contributed by atoms with E-state index in [9.17, 15) is 5.11 Å². The largest absolute Gasteiger partial charge is 0.396 e. The van der Waals surface area contributed by atoms with E-state index in [1.54, 1.807) is 6.33 Å². The van der Waals surface area contributed by atoms with Crippen LogP contribution in [0.3, 0.4) is 0 Å². The lowest BCUT2D eigenvalue weighted by molar-refractivity contribution is 0.208. The number of aliphatic hydroxyl groups excluding tert-OH is 1. The summed E-state index contributed by atoms with van der Waals surface area (Å²) in [5.41, 5.74) is 0. The summed E-state index contributed by atoms with van der Waals surface area (Å²) < 4.78 is 0. The van der Waals surface area contributed by atoms with Crippen molar-refractivity contribution in [3.8, 4) is 0 Å². The van der Waals surface area contributed by atoms with Gasteiger partial charge >= 0.3 is 0 Å². The molecular formula is C16H24N4O. The molecule has 0 amide bonds. The molecule has 1 saturated heterocycles. The van der Waals surface area contributed by atoms with Gasteiger partial charge in [-0.15, -0.1) is 0 Å². The van der Waals surface area contributed by atoms with Crippen LogP contribution in [0.25, 0.3) is 0 Å². The van der Waals surface area contributed by atoms with Gasteiger partial charge in [-0.1, -0.05) is 12.2 Å². The van der Waals surface area contributed by atoms with Gasteiger partial charge in [0.25, 0.3) is 0 Å². The van der Waals surface area contributed by atoms with Crippen molar-refractivity contribution >= 4 is 11.6 Å². The number of aliphatic hydroxyl groups is 1. The van der Waals surface area contributed by atoms with Crippen molar-refractivity contribution in [2.24, 2.45) is 5.92 Å². The van der Waals surface area contributed by atoms with Crippen molar-refractivity contribution in [3.05, 3.63) is 24.5 Å². The summed E-state index contributed by atoms with van der Waals surface area (Å²) in [6.07, 6.45) is 11.7. The number of piperidine rings is 1. The van der Waals surface area contributed by atoms with Gasteiger partial charge in [0.2, 0.25) is 0 Å². The Morgan fingerprint density at radius 3 is 3.05 bits per heavy atom. The van der Waals surface area contributed by atoms with Crippen LogP contribution in [0.4, 0.5) is 11.6 Å². The van der Waals surface area contributed by atoms with Gasteiger partial charge in [-0.3, -0.25) is 0 Å². The number of nitrogens with one attached hydrogen (secondary N) is 1. The molecule has 1 aliphatic heterocycles. The van der Waals surface area contributed by atoms with Gasteiger partial charge in [-0.25, -0.2) is 9.97 Å². The van der Waals surface area contributed by atoms with Crippen LogP contribution in [0.15, 0.2) is 24.5 Å². The smallest absolute Gasteiger partial charge is 0.134 e. The third kappa shape index (κ3) is 3.73. The summed E-state index contributed by atoms with van der Waals surface area (Å²) in [5.74, 6) is 2.25. The zero-order chi connectivity index (χ0) is 14.5. The van der Waals surface area contributed by atoms with Gasteiger partial charge in [-0.2, -0.15) is 0 Å². The maximum atomic E-state index is 9.35. The molecule has 2 N–H and O–H groups in total. The summed E-state index contributed by atoms with van der Waals surface area (Å²) in [7, 11) is 0. The number of hydrogen-bond donors (Lipinski definition) is 2. The number of aromatic nitrogens is 2. The minimum Gasteiger partial charge on any atom is -0.396 e. The highest BCUT2D eigenvalue weighted by Gasteiger charge is 2.20. The first-order valence-corrected chi connectivity index (χ1v) is 7.94. The van der Waals surface area contributed by atoms with Crippen LogP contribution >= 0.6 is 0 Å². The SMILES string of the molecule is OCC1CCCN(c2cc(NC3CC=CCC3)ncn2)C1. The van der Waals surface area contributed by atoms with Crippen LogP contribution in [0.2, 0.25) is 0 Å². The topological polar surface area (TPSA) is 61.3 Å². The van der Waals surface area contributed by atoms with Gasteiger partial charge < -0.3 is 15.3 Å². The van der Waals surface area contributed by atoms with Crippen LogP contribution < -0.4 is 10.2 Å². The molecule has 0 radical (unpaired) electrons. The molecule has 0 bridgehead atoms. The average Bonchev–Trinajstić information content (AvgIpc) is 2.56. The van der Waals surface area contributed by atoms with Crippen molar-refractivity contribution in [1.29, 1.82) is 0 Å². The van der Waals surface area contributed by atoms with E-state index in [-0.39, 0.29) is 6.61 Å². The van der Waals surface area contributed by atoms with E-state index in [4.69, 9.17) is 0 Å². The second-order valence-corrected chi connectivity index (χ2v) is 6.02. The Labute approximate surface area is 126 Å².